The number of carbonyl (C=O) groups excluding carboxylic acids is 2. The summed E-state index contributed by atoms with van der Waals surface area (Å²) in [5, 5.41) is 0. The van der Waals surface area contributed by atoms with Crippen molar-refractivity contribution in [2.24, 2.45) is 11.8 Å². The molecule has 9 heteroatoms. The maximum atomic E-state index is 13.5. The summed E-state index contributed by atoms with van der Waals surface area (Å²) >= 11 is 1.30. The fourth-order valence-corrected chi connectivity index (χ4v) is 4.76. The van der Waals surface area contributed by atoms with Crippen molar-refractivity contribution < 1.29 is 27.8 Å². The van der Waals surface area contributed by atoms with Crippen molar-refractivity contribution in [1.82, 2.24) is 4.98 Å². The number of hydrogen-bond donors (Lipinski definition) is 0. The van der Waals surface area contributed by atoms with Crippen LogP contribution in [0.3, 0.4) is 0 Å². The summed E-state index contributed by atoms with van der Waals surface area (Å²) in [6, 6.07) is 7.04. The molecular formula is C21H22F2N2O4S. The van der Waals surface area contributed by atoms with Gasteiger partial charge in [-0.2, -0.15) is 0 Å². The molecule has 0 amide bonds. The fraction of sp³-hybridized carbons (Fsp3) is 0.476. The smallest absolute Gasteiger partial charge is 0.357 e. The number of halogens is 2. The van der Waals surface area contributed by atoms with Crippen LogP contribution >= 0.6 is 11.3 Å². The second-order valence-electron chi connectivity index (χ2n) is 7.35. The van der Waals surface area contributed by atoms with Crippen LogP contribution < -0.4 is 4.90 Å². The monoisotopic (exact) mass is 436 g/mol. The molecule has 160 valence electrons. The van der Waals surface area contributed by atoms with Gasteiger partial charge in [0.25, 0.3) is 5.92 Å². The summed E-state index contributed by atoms with van der Waals surface area (Å²) in [5.41, 5.74) is 0.830. The summed E-state index contributed by atoms with van der Waals surface area (Å²) in [5.74, 6) is -4.25. The summed E-state index contributed by atoms with van der Waals surface area (Å²) in [7, 11) is 0. The molecule has 0 radical (unpaired) electrons. The van der Waals surface area contributed by atoms with Crippen molar-refractivity contribution in [2.75, 3.05) is 31.2 Å². The Balaban J connectivity index is 1.55. The number of fused-ring (bicyclic) bond motifs is 1. The molecule has 2 aromatic rings. The molecule has 0 spiro atoms. The van der Waals surface area contributed by atoms with Crippen molar-refractivity contribution in [2.45, 2.75) is 26.2 Å². The number of pyridine rings is 1. The minimum Gasteiger partial charge on any atom is -0.462 e. The first-order valence-electron chi connectivity index (χ1n) is 9.90. The first-order chi connectivity index (χ1) is 14.3. The molecule has 1 saturated carbocycles. The van der Waals surface area contributed by atoms with Gasteiger partial charge in [-0.15, -0.1) is 11.3 Å². The van der Waals surface area contributed by atoms with Crippen molar-refractivity contribution >= 4 is 29.1 Å². The van der Waals surface area contributed by atoms with Crippen LogP contribution in [0.1, 0.15) is 44.4 Å². The molecule has 2 aliphatic rings. The zero-order valence-corrected chi connectivity index (χ0v) is 17.5. The van der Waals surface area contributed by atoms with E-state index in [9.17, 15) is 18.4 Å². The van der Waals surface area contributed by atoms with E-state index in [1.165, 1.54) is 11.3 Å². The van der Waals surface area contributed by atoms with Gasteiger partial charge in [-0.25, -0.2) is 23.4 Å². The summed E-state index contributed by atoms with van der Waals surface area (Å²) < 4.78 is 37.2. The molecule has 30 heavy (non-hydrogen) atoms. The Morgan fingerprint density at radius 1 is 1.10 bits per heavy atom. The second-order valence-corrected chi connectivity index (χ2v) is 8.52. The van der Waals surface area contributed by atoms with Crippen molar-refractivity contribution in [3.63, 3.8) is 0 Å². The van der Waals surface area contributed by atoms with Gasteiger partial charge in [0.05, 0.1) is 25.0 Å². The van der Waals surface area contributed by atoms with Gasteiger partial charge in [0, 0.05) is 24.4 Å². The topological polar surface area (TPSA) is 68.7 Å². The van der Waals surface area contributed by atoms with E-state index in [0.717, 1.165) is 4.88 Å². The van der Waals surface area contributed by atoms with Gasteiger partial charge in [-0.05, 0) is 37.6 Å². The third kappa shape index (κ3) is 3.78. The number of ether oxygens (including phenoxy) is 2. The Morgan fingerprint density at radius 2 is 1.77 bits per heavy atom. The number of aromatic nitrogens is 1. The van der Waals surface area contributed by atoms with E-state index in [-0.39, 0.29) is 31.4 Å². The number of hydrogen-bond acceptors (Lipinski definition) is 7. The van der Waals surface area contributed by atoms with E-state index >= 15 is 0 Å². The number of anilines is 1. The molecule has 3 heterocycles. The Bertz CT molecular complexity index is 964. The number of nitrogens with zero attached hydrogens (tertiary/aromatic N) is 2. The van der Waals surface area contributed by atoms with Gasteiger partial charge in [-0.1, -0.05) is 6.07 Å². The lowest BCUT2D eigenvalue weighted by molar-refractivity contribution is 0.0513. The first kappa shape index (κ1) is 20.7. The largest absolute Gasteiger partial charge is 0.462 e. The highest BCUT2D eigenvalue weighted by Gasteiger charge is 2.71. The van der Waals surface area contributed by atoms with Gasteiger partial charge in [0.1, 0.15) is 10.7 Å². The molecule has 2 unspecified atom stereocenters. The molecule has 2 fully saturated rings. The van der Waals surface area contributed by atoms with Gasteiger partial charge in [0.15, 0.2) is 5.69 Å². The lowest BCUT2D eigenvalue weighted by Crippen LogP contribution is -2.28. The molecule has 1 aliphatic carbocycles. The van der Waals surface area contributed by atoms with Crippen molar-refractivity contribution in [1.29, 1.82) is 0 Å². The van der Waals surface area contributed by atoms with Crippen LogP contribution in [0.2, 0.25) is 0 Å². The van der Waals surface area contributed by atoms with E-state index in [4.69, 9.17) is 9.47 Å². The van der Waals surface area contributed by atoms with Gasteiger partial charge < -0.3 is 14.4 Å². The Hall–Kier alpha value is -2.55. The third-order valence-corrected chi connectivity index (χ3v) is 6.52. The molecule has 2 atom stereocenters. The number of thiophene rings is 1. The number of carbonyl (C=O) groups is 2. The highest BCUT2D eigenvalue weighted by molar-refractivity contribution is 7.13. The highest BCUT2D eigenvalue weighted by atomic mass is 32.1. The fourth-order valence-electron chi connectivity index (χ4n) is 3.84. The molecular weight excluding hydrogens is 414 g/mol. The third-order valence-electron chi connectivity index (χ3n) is 5.46. The van der Waals surface area contributed by atoms with Crippen LogP contribution in [-0.2, 0) is 15.9 Å². The standard InChI is InChI=1S/C21H22F2N2O4S/c1-3-28-19(26)16-7-6-13(30-16)9-12-5-8-17(24-18(12)20(27)29-4-2)25-10-14-15(11-25)21(14,22)23/h5-8,14-15H,3-4,9-11H2,1-2H3. The zero-order valence-electron chi connectivity index (χ0n) is 16.7. The predicted molar refractivity (Wildman–Crippen MR) is 107 cm³/mol. The average molecular weight is 436 g/mol. The molecule has 4 rings (SSSR count). The number of alkyl halides is 2. The molecule has 0 N–H and O–H groups in total. The quantitative estimate of drug-likeness (QED) is 0.616. The number of piperidine rings is 1. The molecule has 1 saturated heterocycles. The summed E-state index contributed by atoms with van der Waals surface area (Å²) in [4.78, 5) is 32.0. The average Bonchev–Trinajstić information content (AvgIpc) is 3.16. The van der Waals surface area contributed by atoms with Crippen LogP contribution in [0.15, 0.2) is 24.3 Å². The number of esters is 2. The van der Waals surface area contributed by atoms with Crippen molar-refractivity contribution in [3.8, 4) is 0 Å². The van der Waals surface area contributed by atoms with Crippen LogP contribution in [0, 0.1) is 11.8 Å². The highest BCUT2D eigenvalue weighted by Crippen LogP contribution is 2.59. The second kappa shape index (κ2) is 7.94. The minimum atomic E-state index is -2.57. The first-order valence-corrected chi connectivity index (χ1v) is 10.7. The van der Waals surface area contributed by atoms with Gasteiger partial charge >= 0.3 is 11.9 Å². The summed E-state index contributed by atoms with van der Waals surface area (Å²) in [6.07, 6.45) is 0.398. The Labute approximate surface area is 176 Å². The van der Waals surface area contributed by atoms with Crippen LogP contribution in [0.25, 0.3) is 0 Å². The minimum absolute atomic E-state index is 0.174. The van der Waals surface area contributed by atoms with Crippen molar-refractivity contribution in [3.05, 3.63) is 45.3 Å². The molecule has 2 aromatic heterocycles. The maximum absolute atomic E-state index is 13.5. The molecule has 1 aliphatic heterocycles. The molecule has 0 aromatic carbocycles. The SMILES string of the molecule is CCOC(=O)c1ccc(Cc2ccc(N3CC4C(C3)C4(F)F)nc2C(=O)OCC)s1. The van der Waals surface area contributed by atoms with Crippen LogP contribution in [-0.4, -0.2) is 49.1 Å². The van der Waals surface area contributed by atoms with Gasteiger partial charge in [0.2, 0.25) is 0 Å². The van der Waals surface area contributed by atoms with E-state index in [1.807, 2.05) is 6.07 Å². The van der Waals surface area contributed by atoms with Gasteiger partial charge in [-0.3, -0.25) is 0 Å². The van der Waals surface area contributed by atoms with E-state index < -0.39 is 23.7 Å². The van der Waals surface area contributed by atoms with E-state index in [1.54, 1.807) is 36.9 Å². The molecule has 0 bridgehead atoms. The lowest BCUT2D eigenvalue weighted by atomic mass is 10.1. The summed E-state index contributed by atoms with van der Waals surface area (Å²) in [6.45, 7) is 4.43. The lowest BCUT2D eigenvalue weighted by Gasteiger charge is -2.22. The predicted octanol–water partition coefficient (Wildman–Crippen LogP) is 3.79. The van der Waals surface area contributed by atoms with E-state index in [0.29, 0.717) is 29.3 Å². The Kier molecular flexibility index (Phi) is 5.48. The zero-order chi connectivity index (χ0) is 21.5. The van der Waals surface area contributed by atoms with Crippen LogP contribution in [0.4, 0.5) is 14.6 Å². The van der Waals surface area contributed by atoms with Crippen LogP contribution in [0.5, 0.6) is 0 Å². The Morgan fingerprint density at radius 3 is 2.43 bits per heavy atom. The van der Waals surface area contributed by atoms with E-state index in [2.05, 4.69) is 4.98 Å². The number of rotatable bonds is 7. The molecule has 6 nitrogen and oxygen atoms in total. The maximum Gasteiger partial charge on any atom is 0.357 e. The normalized spacial score (nSPS) is 21.3.